The third-order valence-corrected chi connectivity index (χ3v) is 9.52. The first-order valence-electron chi connectivity index (χ1n) is 11.8. The van der Waals surface area contributed by atoms with Crippen molar-refractivity contribution >= 4 is 38.7 Å². The van der Waals surface area contributed by atoms with Gasteiger partial charge >= 0.3 is 18.4 Å². The number of alkyl halides is 8. The lowest BCUT2D eigenvalue weighted by Crippen LogP contribution is -2.40. The molecule has 0 radical (unpaired) electrons. The van der Waals surface area contributed by atoms with Crippen molar-refractivity contribution in [1.82, 2.24) is 14.3 Å². The summed E-state index contributed by atoms with van der Waals surface area (Å²) in [5.41, 5.74) is -1.17. The van der Waals surface area contributed by atoms with Gasteiger partial charge in [0.05, 0.1) is 28.2 Å². The molecule has 1 aromatic carbocycles. The Labute approximate surface area is 242 Å². The van der Waals surface area contributed by atoms with Crippen LogP contribution in [0.15, 0.2) is 46.7 Å². The first-order chi connectivity index (χ1) is 19.3. The van der Waals surface area contributed by atoms with E-state index in [1.54, 1.807) is 0 Å². The van der Waals surface area contributed by atoms with E-state index in [1.807, 2.05) is 0 Å². The minimum absolute atomic E-state index is 0.0529. The van der Waals surface area contributed by atoms with Crippen LogP contribution in [0.4, 0.5) is 35.1 Å². The number of hydrogen-bond donors (Lipinski definition) is 0. The molecule has 4 rings (SSSR count). The maximum Gasteiger partial charge on any atom is 0.422 e. The summed E-state index contributed by atoms with van der Waals surface area (Å²) in [6, 6.07) is 4.52. The molecular weight excluding hydrogens is 646 g/mol. The van der Waals surface area contributed by atoms with Gasteiger partial charge in [-0.05, 0) is 36.8 Å². The van der Waals surface area contributed by atoms with Crippen molar-refractivity contribution in [3.8, 4) is 17.3 Å². The number of sulfonamides is 1. The fourth-order valence-corrected chi connectivity index (χ4v) is 7.32. The number of aromatic nitrogens is 2. The van der Waals surface area contributed by atoms with Crippen molar-refractivity contribution < 1.29 is 53.1 Å². The zero-order valence-electron chi connectivity index (χ0n) is 20.8. The summed E-state index contributed by atoms with van der Waals surface area (Å²) in [4.78, 5) is 20.6. The second kappa shape index (κ2) is 11.7. The van der Waals surface area contributed by atoms with Crippen molar-refractivity contribution in [2.45, 2.75) is 47.8 Å². The molecule has 0 N–H and O–H groups in total. The summed E-state index contributed by atoms with van der Waals surface area (Å²) in [6.07, 6.45) is -11.4. The second-order valence-corrected chi connectivity index (χ2v) is 13.0. The van der Waals surface area contributed by atoms with Crippen molar-refractivity contribution in [2.24, 2.45) is 0 Å². The van der Waals surface area contributed by atoms with Gasteiger partial charge in [0, 0.05) is 24.1 Å². The van der Waals surface area contributed by atoms with E-state index in [4.69, 9.17) is 11.6 Å². The molecule has 1 aliphatic rings. The molecule has 0 bridgehead atoms. The fraction of sp³-hybridized carbons (Fsp3) is 0.375. The zero-order chi connectivity index (χ0) is 31.1. The van der Waals surface area contributed by atoms with Crippen molar-refractivity contribution in [1.29, 1.82) is 0 Å². The van der Waals surface area contributed by atoms with Crippen LogP contribution in [-0.4, -0.2) is 59.8 Å². The Balaban J connectivity index is 1.58. The molecular formula is C24H18ClF8N3O4S2. The van der Waals surface area contributed by atoms with Crippen LogP contribution < -0.4 is 4.74 Å². The van der Waals surface area contributed by atoms with Crippen LogP contribution in [0.25, 0.3) is 11.3 Å². The summed E-state index contributed by atoms with van der Waals surface area (Å²) >= 11 is 6.40. The van der Waals surface area contributed by atoms with Crippen molar-refractivity contribution in [2.75, 3.05) is 13.2 Å². The van der Waals surface area contributed by atoms with Crippen LogP contribution in [-0.2, 0) is 27.4 Å². The Morgan fingerprint density at radius 1 is 1.07 bits per heavy atom. The number of hydrogen-bond acceptors (Lipinski definition) is 7. The lowest BCUT2D eigenvalue weighted by molar-refractivity contribution is -0.154. The van der Waals surface area contributed by atoms with Crippen LogP contribution in [0.1, 0.15) is 24.1 Å². The number of Topliss-reactive ketones (excluding diaryl/α,β-unsaturated/α-hetero) is 1. The van der Waals surface area contributed by atoms with Crippen LogP contribution in [0.3, 0.4) is 0 Å². The highest BCUT2D eigenvalue weighted by atomic mass is 35.5. The predicted octanol–water partition coefficient (Wildman–Crippen LogP) is 6.42. The normalized spacial score (nSPS) is 17.9. The first kappa shape index (κ1) is 32.0. The fourth-order valence-electron chi connectivity index (χ4n) is 4.07. The van der Waals surface area contributed by atoms with Crippen LogP contribution in [0, 0.1) is 0 Å². The number of aryl methyl sites for hydroxylation is 1. The molecule has 3 aromatic rings. The molecule has 18 heteroatoms. The second-order valence-electron chi connectivity index (χ2n) is 9.16. The van der Waals surface area contributed by atoms with Gasteiger partial charge in [0.2, 0.25) is 0 Å². The van der Waals surface area contributed by atoms with Crippen LogP contribution in [0.2, 0.25) is 4.34 Å². The van der Waals surface area contributed by atoms with E-state index in [-0.39, 0.29) is 31.9 Å². The molecule has 1 saturated heterocycles. The van der Waals surface area contributed by atoms with E-state index in [0.29, 0.717) is 15.6 Å². The largest absolute Gasteiger partial charge is 0.454 e. The maximum atomic E-state index is 14.3. The van der Waals surface area contributed by atoms with Gasteiger partial charge in [-0.3, -0.25) is 4.79 Å². The lowest BCUT2D eigenvalue weighted by Gasteiger charge is -2.21. The molecule has 1 fully saturated rings. The summed E-state index contributed by atoms with van der Waals surface area (Å²) in [7, 11) is -4.52. The summed E-state index contributed by atoms with van der Waals surface area (Å²) in [6.45, 7) is -3.04. The van der Waals surface area contributed by atoms with Gasteiger partial charge in [0.25, 0.3) is 15.9 Å². The number of carbonyl (C=O) groups excluding carboxylic acids is 1. The van der Waals surface area contributed by atoms with E-state index in [2.05, 4.69) is 14.7 Å². The molecule has 228 valence electrons. The monoisotopic (exact) mass is 663 g/mol. The number of carbonyl (C=O) groups is 1. The first-order valence-corrected chi connectivity index (χ1v) is 14.4. The third kappa shape index (κ3) is 7.73. The SMILES string of the molecule is O=C(CCc1cc(-c2ccc(C(F)(F)F)cc2)nc(OCC(F)(F)F)n1)[C@@H]1CC(F)(F)CN1S(=O)(=O)c1ccc(Cl)s1. The quantitative estimate of drug-likeness (QED) is 0.246. The average Bonchev–Trinajstić information content (AvgIpc) is 3.48. The number of nitrogens with zero attached hydrogens (tertiary/aromatic N) is 3. The Kier molecular flexibility index (Phi) is 8.89. The molecule has 1 aliphatic heterocycles. The number of benzene rings is 1. The number of halogens is 9. The van der Waals surface area contributed by atoms with Gasteiger partial charge in [0.15, 0.2) is 12.4 Å². The van der Waals surface area contributed by atoms with Crippen LogP contribution >= 0.6 is 22.9 Å². The summed E-state index contributed by atoms with van der Waals surface area (Å²) in [5.74, 6) is -4.43. The summed E-state index contributed by atoms with van der Waals surface area (Å²) < 4.78 is 136. The molecule has 3 heterocycles. The number of ether oxygens (including phenoxy) is 1. The number of thiophene rings is 1. The number of ketones is 1. The predicted molar refractivity (Wildman–Crippen MR) is 134 cm³/mol. The molecule has 0 aliphatic carbocycles. The Hall–Kier alpha value is -2.89. The van der Waals surface area contributed by atoms with Gasteiger partial charge < -0.3 is 4.74 Å². The minimum Gasteiger partial charge on any atom is -0.454 e. The average molecular weight is 664 g/mol. The highest BCUT2D eigenvalue weighted by Crippen LogP contribution is 2.39. The summed E-state index contributed by atoms with van der Waals surface area (Å²) in [5, 5.41) is 0. The van der Waals surface area contributed by atoms with Gasteiger partial charge in [-0.2, -0.15) is 35.6 Å². The van der Waals surface area contributed by atoms with E-state index in [9.17, 15) is 48.3 Å². The van der Waals surface area contributed by atoms with Gasteiger partial charge in [-0.1, -0.05) is 23.7 Å². The lowest BCUT2D eigenvalue weighted by atomic mass is 10.0. The van der Waals surface area contributed by atoms with Gasteiger partial charge in [-0.25, -0.2) is 22.2 Å². The van der Waals surface area contributed by atoms with E-state index in [1.165, 1.54) is 12.1 Å². The standard InChI is InChI=1S/C24H18ClF8N3O4S2/c25-19-7-8-20(41-19)42(38,39)36-11-22(26,27)10-17(36)18(37)6-5-15-9-16(35-21(34-15)40-12-23(28,29)30)13-1-3-14(4-2-13)24(31,32)33/h1-4,7-9,17H,5-6,10-12H2/t17-/m0/s1. The maximum absolute atomic E-state index is 14.3. The zero-order valence-corrected chi connectivity index (χ0v) is 23.2. The smallest absolute Gasteiger partial charge is 0.422 e. The molecule has 7 nitrogen and oxygen atoms in total. The van der Waals surface area contributed by atoms with Crippen molar-refractivity contribution in [3.63, 3.8) is 0 Å². The molecule has 0 spiro atoms. The Bertz CT molecular complexity index is 1560. The topological polar surface area (TPSA) is 89.5 Å². The van der Waals surface area contributed by atoms with Crippen molar-refractivity contribution in [3.05, 3.63) is 58.1 Å². The third-order valence-electron chi connectivity index (χ3n) is 5.97. The minimum atomic E-state index is -4.78. The van der Waals surface area contributed by atoms with Gasteiger partial charge in [-0.15, -0.1) is 11.3 Å². The molecule has 2 aromatic heterocycles. The molecule has 1 atom stereocenters. The van der Waals surface area contributed by atoms with E-state index >= 15 is 0 Å². The molecule has 42 heavy (non-hydrogen) atoms. The highest BCUT2D eigenvalue weighted by molar-refractivity contribution is 7.91. The van der Waals surface area contributed by atoms with E-state index < -0.39 is 77.7 Å². The Morgan fingerprint density at radius 2 is 1.74 bits per heavy atom. The highest BCUT2D eigenvalue weighted by Gasteiger charge is 2.52. The Morgan fingerprint density at radius 3 is 2.31 bits per heavy atom. The van der Waals surface area contributed by atoms with E-state index in [0.717, 1.165) is 30.3 Å². The molecule has 0 unspecified atom stereocenters. The van der Waals surface area contributed by atoms with Crippen LogP contribution in [0.5, 0.6) is 6.01 Å². The molecule has 0 saturated carbocycles. The number of rotatable bonds is 9. The molecule has 0 amide bonds. The van der Waals surface area contributed by atoms with Gasteiger partial charge in [0.1, 0.15) is 4.21 Å².